The van der Waals surface area contributed by atoms with Crippen molar-refractivity contribution in [1.82, 2.24) is 14.7 Å². The van der Waals surface area contributed by atoms with Gasteiger partial charge in [0.1, 0.15) is 17.5 Å². The number of nitrogens with zero attached hydrogens (tertiary/aromatic N) is 4. The molecule has 1 aromatic heterocycles. The molecule has 6 nitrogen and oxygen atoms in total. The zero-order valence-corrected chi connectivity index (χ0v) is 15.5. The summed E-state index contributed by atoms with van der Waals surface area (Å²) in [7, 11) is 0. The highest BCUT2D eigenvalue weighted by atomic mass is 19.1. The summed E-state index contributed by atoms with van der Waals surface area (Å²) in [5.41, 5.74) is 0.608. The third kappa shape index (κ3) is 4.01. The Balaban J connectivity index is 1.48. The average Bonchev–Trinajstić information content (AvgIpc) is 2.75. The fourth-order valence-corrected chi connectivity index (χ4v) is 3.25. The second-order valence-electron chi connectivity index (χ2n) is 6.70. The van der Waals surface area contributed by atoms with E-state index in [0.717, 1.165) is 0 Å². The number of anilines is 1. The largest absolute Gasteiger partial charge is 0.352 e. The number of carbonyl (C=O) groups is 1. The highest BCUT2D eigenvalue weighted by Gasteiger charge is 2.23. The van der Waals surface area contributed by atoms with E-state index in [2.05, 4.69) is 5.10 Å². The van der Waals surface area contributed by atoms with E-state index < -0.39 is 0 Å². The highest BCUT2D eigenvalue weighted by Crippen LogP contribution is 2.15. The quantitative estimate of drug-likeness (QED) is 0.683. The monoisotopic (exact) mass is 396 g/mol. The Morgan fingerprint density at radius 2 is 1.38 bits per heavy atom. The van der Waals surface area contributed by atoms with Gasteiger partial charge in [-0.15, -0.1) is 5.10 Å². The molecule has 0 unspecified atom stereocenters. The van der Waals surface area contributed by atoms with Crippen LogP contribution in [-0.2, 0) is 0 Å². The van der Waals surface area contributed by atoms with Gasteiger partial charge in [0.15, 0.2) is 0 Å². The van der Waals surface area contributed by atoms with Crippen molar-refractivity contribution >= 4 is 11.7 Å². The lowest BCUT2D eigenvalue weighted by molar-refractivity contribution is 0.0746. The minimum absolute atomic E-state index is 0.145. The molecule has 29 heavy (non-hydrogen) atoms. The Morgan fingerprint density at radius 3 is 2.00 bits per heavy atom. The van der Waals surface area contributed by atoms with E-state index in [9.17, 15) is 18.4 Å². The van der Waals surface area contributed by atoms with Crippen LogP contribution in [-0.4, -0.2) is 46.8 Å². The van der Waals surface area contributed by atoms with Crippen molar-refractivity contribution in [2.24, 2.45) is 0 Å². The Labute approximate surface area is 165 Å². The minimum atomic E-state index is -0.389. The van der Waals surface area contributed by atoms with Gasteiger partial charge in [-0.05, 0) is 54.6 Å². The SMILES string of the molecule is O=C(c1ccc(F)cc1)N1CCN(c2ccc(=O)n(-c3ccc(F)cc3)n2)CC1. The first-order chi connectivity index (χ1) is 14.0. The van der Waals surface area contributed by atoms with E-state index in [1.807, 2.05) is 4.90 Å². The van der Waals surface area contributed by atoms with E-state index in [1.165, 1.54) is 59.3 Å². The van der Waals surface area contributed by atoms with E-state index in [-0.39, 0.29) is 23.1 Å². The third-order valence-corrected chi connectivity index (χ3v) is 4.84. The normalized spacial score (nSPS) is 14.1. The van der Waals surface area contributed by atoms with Gasteiger partial charge < -0.3 is 9.80 Å². The van der Waals surface area contributed by atoms with Gasteiger partial charge in [0, 0.05) is 37.8 Å². The first-order valence-electron chi connectivity index (χ1n) is 9.17. The molecule has 0 spiro atoms. The van der Waals surface area contributed by atoms with E-state index >= 15 is 0 Å². The van der Waals surface area contributed by atoms with E-state index in [4.69, 9.17) is 0 Å². The smallest absolute Gasteiger partial charge is 0.271 e. The summed E-state index contributed by atoms with van der Waals surface area (Å²) in [6, 6.07) is 14.1. The molecule has 8 heteroatoms. The fraction of sp³-hybridized carbons (Fsp3) is 0.190. The average molecular weight is 396 g/mol. The number of aromatic nitrogens is 2. The summed E-state index contributed by atoms with van der Waals surface area (Å²) in [5.74, 6) is -0.315. The molecular formula is C21H18F2N4O2. The van der Waals surface area contributed by atoms with Gasteiger partial charge >= 0.3 is 0 Å². The number of piperazine rings is 1. The van der Waals surface area contributed by atoms with Crippen LogP contribution >= 0.6 is 0 Å². The number of halogens is 2. The van der Waals surface area contributed by atoms with Crippen LogP contribution in [0.2, 0.25) is 0 Å². The second-order valence-corrected chi connectivity index (χ2v) is 6.70. The molecule has 1 saturated heterocycles. The second kappa shape index (κ2) is 7.83. The maximum absolute atomic E-state index is 13.2. The standard InChI is InChI=1S/C21H18F2N4O2/c22-16-3-1-15(2-4-16)21(29)26-13-11-25(12-14-26)19-9-10-20(28)27(24-19)18-7-5-17(23)6-8-18/h1-10H,11-14H2. The van der Waals surface area contributed by atoms with Crippen LogP contribution in [0.25, 0.3) is 5.69 Å². The van der Waals surface area contributed by atoms with Crippen LogP contribution in [0, 0.1) is 11.6 Å². The first-order valence-corrected chi connectivity index (χ1v) is 9.17. The van der Waals surface area contributed by atoms with Gasteiger partial charge in [0.2, 0.25) is 0 Å². The van der Waals surface area contributed by atoms with Crippen molar-refractivity contribution in [2.45, 2.75) is 0 Å². The lowest BCUT2D eigenvalue weighted by Crippen LogP contribution is -2.49. The van der Waals surface area contributed by atoms with Crippen molar-refractivity contribution in [3.63, 3.8) is 0 Å². The molecule has 1 aliphatic heterocycles. The molecule has 0 atom stereocenters. The lowest BCUT2D eigenvalue weighted by atomic mass is 10.2. The summed E-state index contributed by atoms with van der Waals surface area (Å²) in [4.78, 5) is 28.4. The first kappa shape index (κ1) is 18.8. The van der Waals surface area contributed by atoms with Gasteiger partial charge in [-0.25, -0.2) is 8.78 Å². The topological polar surface area (TPSA) is 58.4 Å². The zero-order valence-electron chi connectivity index (χ0n) is 15.5. The van der Waals surface area contributed by atoms with Gasteiger partial charge in [-0.1, -0.05) is 0 Å². The number of rotatable bonds is 3. The molecule has 4 rings (SSSR count). The molecule has 3 aromatic rings. The maximum Gasteiger partial charge on any atom is 0.271 e. The molecule has 0 radical (unpaired) electrons. The molecular weight excluding hydrogens is 378 g/mol. The molecule has 2 heterocycles. The Kier molecular flexibility index (Phi) is 5.07. The number of hydrogen-bond acceptors (Lipinski definition) is 4. The van der Waals surface area contributed by atoms with Crippen LogP contribution in [0.3, 0.4) is 0 Å². The zero-order chi connectivity index (χ0) is 20.4. The Morgan fingerprint density at radius 1 is 0.793 bits per heavy atom. The fourth-order valence-electron chi connectivity index (χ4n) is 3.25. The van der Waals surface area contributed by atoms with Crippen LogP contribution in [0.1, 0.15) is 10.4 Å². The molecule has 1 aliphatic rings. The summed E-state index contributed by atoms with van der Waals surface area (Å²) >= 11 is 0. The predicted molar refractivity (Wildman–Crippen MR) is 104 cm³/mol. The molecule has 0 aliphatic carbocycles. The predicted octanol–water partition coefficient (Wildman–Crippen LogP) is 2.47. The Hall–Kier alpha value is -3.55. The van der Waals surface area contributed by atoms with Crippen molar-refractivity contribution < 1.29 is 13.6 Å². The highest BCUT2D eigenvalue weighted by molar-refractivity contribution is 5.94. The number of amides is 1. The molecule has 148 valence electrons. The third-order valence-electron chi connectivity index (χ3n) is 4.84. The van der Waals surface area contributed by atoms with Crippen molar-refractivity contribution in [3.05, 3.63) is 88.2 Å². The summed E-state index contributed by atoms with van der Waals surface area (Å²) < 4.78 is 27.4. The molecule has 1 fully saturated rings. The van der Waals surface area contributed by atoms with Gasteiger partial charge in [-0.2, -0.15) is 4.68 Å². The molecule has 0 N–H and O–H groups in total. The summed E-state index contributed by atoms with van der Waals surface area (Å²) in [5, 5.41) is 4.40. The maximum atomic E-state index is 13.2. The van der Waals surface area contributed by atoms with Crippen molar-refractivity contribution in [1.29, 1.82) is 0 Å². The minimum Gasteiger partial charge on any atom is -0.352 e. The molecule has 1 amide bonds. The van der Waals surface area contributed by atoms with Crippen molar-refractivity contribution in [2.75, 3.05) is 31.1 Å². The molecule has 0 saturated carbocycles. The van der Waals surface area contributed by atoms with Crippen LogP contribution in [0.15, 0.2) is 65.5 Å². The number of hydrogen-bond donors (Lipinski definition) is 0. The van der Waals surface area contributed by atoms with Gasteiger partial charge in [0.05, 0.1) is 5.69 Å². The summed E-state index contributed by atoms with van der Waals surface area (Å²) in [6.45, 7) is 2.05. The number of carbonyl (C=O) groups excluding carboxylic acids is 1. The molecule has 2 aromatic carbocycles. The van der Waals surface area contributed by atoms with Crippen LogP contribution in [0.4, 0.5) is 14.6 Å². The van der Waals surface area contributed by atoms with Gasteiger partial charge in [0.25, 0.3) is 11.5 Å². The molecule has 0 bridgehead atoms. The lowest BCUT2D eigenvalue weighted by Gasteiger charge is -2.35. The van der Waals surface area contributed by atoms with E-state index in [0.29, 0.717) is 43.2 Å². The van der Waals surface area contributed by atoms with E-state index in [1.54, 1.807) is 11.0 Å². The van der Waals surface area contributed by atoms with Crippen LogP contribution < -0.4 is 10.5 Å². The van der Waals surface area contributed by atoms with Gasteiger partial charge in [-0.3, -0.25) is 9.59 Å². The van der Waals surface area contributed by atoms with Crippen LogP contribution in [0.5, 0.6) is 0 Å². The summed E-state index contributed by atoms with van der Waals surface area (Å²) in [6.07, 6.45) is 0. The Bertz CT molecular complexity index is 1070. The number of benzene rings is 2. The van der Waals surface area contributed by atoms with Crippen molar-refractivity contribution in [3.8, 4) is 5.69 Å².